The summed E-state index contributed by atoms with van der Waals surface area (Å²) < 4.78 is 0. The number of piperazine rings is 1. The number of pyridine rings is 1. The van der Waals surface area contributed by atoms with Crippen molar-refractivity contribution >= 4 is 33.8 Å². The van der Waals surface area contributed by atoms with Gasteiger partial charge in [-0.1, -0.05) is 43.0 Å². The van der Waals surface area contributed by atoms with Crippen LogP contribution in [0.5, 0.6) is 0 Å². The monoisotopic (exact) mass is 464 g/mol. The van der Waals surface area contributed by atoms with Gasteiger partial charge in [0.15, 0.2) is 0 Å². The van der Waals surface area contributed by atoms with Gasteiger partial charge in [0.1, 0.15) is 5.82 Å². The molecule has 1 N–H and O–H groups in total. The Morgan fingerprint density at radius 2 is 1.89 bits per heavy atom. The molecule has 0 saturated carbocycles. The SMILES string of the molecule is C=C=C/C(=C\CC(=C)C)c1ccc2cnc(NC(=O)c3cccc(N4CCN(C)CC4)c3)cc2c1. The van der Waals surface area contributed by atoms with Gasteiger partial charge < -0.3 is 15.1 Å². The Kier molecular flexibility index (Phi) is 7.61. The molecule has 0 radical (unpaired) electrons. The predicted molar refractivity (Wildman–Crippen MR) is 147 cm³/mol. The highest BCUT2D eigenvalue weighted by atomic mass is 16.1. The fraction of sp³-hybridized carbons (Fsp3) is 0.233. The van der Waals surface area contributed by atoms with E-state index in [1.807, 2.05) is 43.3 Å². The van der Waals surface area contributed by atoms with E-state index in [-0.39, 0.29) is 5.91 Å². The molecule has 35 heavy (non-hydrogen) atoms. The zero-order valence-electron chi connectivity index (χ0n) is 20.6. The van der Waals surface area contributed by atoms with Crippen molar-refractivity contribution in [2.24, 2.45) is 0 Å². The molecular weight excluding hydrogens is 432 g/mol. The number of nitrogens with zero attached hydrogens (tertiary/aromatic N) is 3. The van der Waals surface area contributed by atoms with Gasteiger partial charge in [0.25, 0.3) is 5.91 Å². The van der Waals surface area contributed by atoms with E-state index in [4.69, 9.17) is 0 Å². The van der Waals surface area contributed by atoms with Crippen LogP contribution in [-0.4, -0.2) is 49.0 Å². The van der Waals surface area contributed by atoms with Crippen molar-refractivity contribution in [3.8, 4) is 0 Å². The molecule has 0 spiro atoms. The lowest BCUT2D eigenvalue weighted by molar-refractivity contribution is 0.102. The Morgan fingerprint density at radius 1 is 1.09 bits per heavy atom. The van der Waals surface area contributed by atoms with Crippen LogP contribution in [0.1, 0.15) is 29.3 Å². The van der Waals surface area contributed by atoms with E-state index < -0.39 is 0 Å². The summed E-state index contributed by atoms with van der Waals surface area (Å²) in [5, 5.41) is 4.97. The van der Waals surface area contributed by atoms with Gasteiger partial charge in [-0.2, -0.15) is 0 Å². The van der Waals surface area contributed by atoms with Crippen LogP contribution in [0.3, 0.4) is 0 Å². The number of carbonyl (C=O) groups excluding carboxylic acids is 1. The van der Waals surface area contributed by atoms with Crippen molar-refractivity contribution in [3.05, 3.63) is 102 Å². The first-order chi connectivity index (χ1) is 16.9. The second-order valence-corrected chi connectivity index (χ2v) is 9.10. The summed E-state index contributed by atoms with van der Waals surface area (Å²) in [5.74, 6) is 0.358. The minimum atomic E-state index is -0.166. The van der Waals surface area contributed by atoms with Crippen molar-refractivity contribution in [1.29, 1.82) is 0 Å². The third-order valence-electron chi connectivity index (χ3n) is 6.20. The molecule has 1 aromatic heterocycles. The Labute approximate surface area is 207 Å². The number of allylic oxidation sites excluding steroid dienone is 4. The summed E-state index contributed by atoms with van der Waals surface area (Å²) in [6.45, 7) is 13.7. The van der Waals surface area contributed by atoms with E-state index in [9.17, 15) is 4.79 Å². The molecule has 5 nitrogen and oxygen atoms in total. The van der Waals surface area contributed by atoms with E-state index in [0.29, 0.717) is 11.4 Å². The minimum absolute atomic E-state index is 0.166. The number of aromatic nitrogens is 1. The van der Waals surface area contributed by atoms with Gasteiger partial charge >= 0.3 is 0 Å². The zero-order chi connectivity index (χ0) is 24.8. The zero-order valence-corrected chi connectivity index (χ0v) is 20.6. The highest BCUT2D eigenvalue weighted by Crippen LogP contribution is 2.25. The molecule has 4 rings (SSSR count). The molecule has 0 bridgehead atoms. The molecule has 178 valence electrons. The normalized spacial score (nSPS) is 14.5. The van der Waals surface area contributed by atoms with Gasteiger partial charge in [-0.3, -0.25) is 4.79 Å². The van der Waals surface area contributed by atoms with Crippen LogP contribution in [0.2, 0.25) is 0 Å². The lowest BCUT2D eigenvalue weighted by atomic mass is 10.0. The average Bonchev–Trinajstić information content (AvgIpc) is 2.86. The number of amides is 1. The molecule has 1 saturated heterocycles. The third kappa shape index (κ3) is 6.15. The summed E-state index contributed by atoms with van der Waals surface area (Å²) in [5.41, 5.74) is 7.75. The van der Waals surface area contributed by atoms with Crippen molar-refractivity contribution in [1.82, 2.24) is 9.88 Å². The van der Waals surface area contributed by atoms with Gasteiger partial charge in [-0.05, 0) is 73.3 Å². The molecular formula is C30H32N4O. The fourth-order valence-electron chi connectivity index (χ4n) is 4.14. The van der Waals surface area contributed by atoms with Crippen LogP contribution >= 0.6 is 0 Å². The van der Waals surface area contributed by atoms with Crippen LogP contribution in [0, 0.1) is 0 Å². The predicted octanol–water partition coefficient (Wildman–Crippen LogP) is 5.93. The number of benzene rings is 2. The Hall–Kier alpha value is -3.92. The fourth-order valence-corrected chi connectivity index (χ4v) is 4.14. The number of carbonyl (C=O) groups is 1. The molecule has 1 aliphatic heterocycles. The molecule has 3 aromatic rings. The second-order valence-electron chi connectivity index (χ2n) is 9.10. The van der Waals surface area contributed by atoms with Gasteiger partial charge in [0, 0.05) is 49.0 Å². The number of nitrogens with one attached hydrogen (secondary N) is 1. The molecule has 0 unspecified atom stereocenters. The maximum atomic E-state index is 13.0. The highest BCUT2D eigenvalue weighted by molar-refractivity contribution is 6.05. The first-order valence-electron chi connectivity index (χ1n) is 11.9. The number of likely N-dealkylation sites (N-methyl/N-ethyl adjacent to an activating group) is 1. The second kappa shape index (κ2) is 11.0. The smallest absolute Gasteiger partial charge is 0.256 e. The Morgan fingerprint density at radius 3 is 2.63 bits per heavy atom. The molecule has 2 heterocycles. The van der Waals surface area contributed by atoms with E-state index in [2.05, 4.69) is 70.3 Å². The summed E-state index contributed by atoms with van der Waals surface area (Å²) in [6.07, 6.45) is 6.58. The molecule has 1 aliphatic rings. The summed E-state index contributed by atoms with van der Waals surface area (Å²) in [7, 11) is 2.14. The number of fused-ring (bicyclic) bond motifs is 1. The molecule has 1 fully saturated rings. The largest absolute Gasteiger partial charge is 0.369 e. The lowest BCUT2D eigenvalue weighted by Gasteiger charge is -2.34. The molecule has 0 aliphatic carbocycles. The van der Waals surface area contributed by atoms with Gasteiger partial charge in [-0.25, -0.2) is 4.98 Å². The summed E-state index contributed by atoms with van der Waals surface area (Å²) in [4.78, 5) is 22.1. The van der Waals surface area contributed by atoms with Crippen molar-refractivity contribution in [3.63, 3.8) is 0 Å². The topological polar surface area (TPSA) is 48.5 Å². The van der Waals surface area contributed by atoms with Crippen molar-refractivity contribution in [2.45, 2.75) is 13.3 Å². The highest BCUT2D eigenvalue weighted by Gasteiger charge is 2.16. The van der Waals surface area contributed by atoms with Crippen LogP contribution in [-0.2, 0) is 0 Å². The lowest BCUT2D eigenvalue weighted by Crippen LogP contribution is -2.44. The van der Waals surface area contributed by atoms with Crippen molar-refractivity contribution in [2.75, 3.05) is 43.4 Å². The molecule has 2 aromatic carbocycles. The van der Waals surface area contributed by atoms with E-state index in [1.165, 1.54) is 0 Å². The van der Waals surface area contributed by atoms with Gasteiger partial charge in [0.05, 0.1) is 0 Å². The number of rotatable bonds is 7. The molecule has 1 amide bonds. The van der Waals surface area contributed by atoms with Crippen LogP contribution in [0.25, 0.3) is 16.3 Å². The van der Waals surface area contributed by atoms with Gasteiger partial charge in [0.2, 0.25) is 0 Å². The molecule has 0 atom stereocenters. The number of hydrogen-bond donors (Lipinski definition) is 1. The van der Waals surface area contributed by atoms with Crippen molar-refractivity contribution < 1.29 is 4.79 Å². The van der Waals surface area contributed by atoms with Crippen LogP contribution in [0.15, 0.2) is 91.3 Å². The van der Waals surface area contributed by atoms with Gasteiger partial charge in [-0.15, -0.1) is 5.73 Å². The van der Waals surface area contributed by atoms with E-state index in [1.54, 1.807) is 6.20 Å². The first kappa shape index (κ1) is 24.2. The maximum Gasteiger partial charge on any atom is 0.256 e. The number of hydrogen-bond acceptors (Lipinski definition) is 4. The number of anilines is 2. The quantitative estimate of drug-likeness (QED) is 0.267. The molecule has 5 heteroatoms. The first-order valence-corrected chi connectivity index (χ1v) is 11.9. The maximum absolute atomic E-state index is 13.0. The van der Waals surface area contributed by atoms with E-state index in [0.717, 1.165) is 65.8 Å². The Bertz CT molecular complexity index is 1330. The average molecular weight is 465 g/mol. The summed E-state index contributed by atoms with van der Waals surface area (Å²) >= 11 is 0. The standard InChI is InChI=1S/C30H32N4O/c1-5-7-23(11-10-22(2)3)24-12-13-26-21-31-29(20-27(26)18-24)32-30(35)25-8-6-9-28(19-25)34-16-14-33(4)15-17-34/h6-9,11-13,18-21H,1-2,10,14-17H2,3-4H3,(H,31,32,35)/b23-11+. The van der Waals surface area contributed by atoms with Crippen LogP contribution < -0.4 is 10.2 Å². The van der Waals surface area contributed by atoms with Crippen LogP contribution in [0.4, 0.5) is 11.5 Å². The Balaban J connectivity index is 1.55. The summed E-state index contributed by atoms with van der Waals surface area (Å²) in [6, 6.07) is 15.9. The minimum Gasteiger partial charge on any atom is -0.369 e. The van der Waals surface area contributed by atoms with E-state index >= 15 is 0 Å². The third-order valence-corrected chi connectivity index (χ3v) is 6.20.